The highest BCUT2D eigenvalue weighted by molar-refractivity contribution is 6.39. The van der Waals surface area contributed by atoms with E-state index in [-0.39, 0.29) is 42.3 Å². The Morgan fingerprint density at radius 2 is 1.65 bits per heavy atom. The highest BCUT2D eigenvalue weighted by atomic mass is 16.6. The number of aliphatic hydroxyl groups excluding tert-OH is 1. The highest BCUT2D eigenvalue weighted by Crippen LogP contribution is 2.36. The molecule has 1 aliphatic carbocycles. The Hall–Kier alpha value is -3.29. The number of hydrogen-bond acceptors (Lipinski definition) is 10. The minimum atomic E-state index is -2.30. The Bertz CT molecular complexity index is 1620. The van der Waals surface area contributed by atoms with Crippen molar-refractivity contribution in [2.75, 3.05) is 20.8 Å². The fraction of sp³-hybridized carbons (Fsp3) is 0.740. The molecule has 12 atom stereocenters. The summed E-state index contributed by atoms with van der Waals surface area (Å²) in [4.78, 5) is 65.8. The fourth-order valence-corrected chi connectivity index (χ4v) is 9.50. The summed E-state index contributed by atoms with van der Waals surface area (Å²) in [6.07, 6.45) is 20.7. The third kappa shape index (κ3) is 15.8. The average molecular weight is 870 g/mol. The van der Waals surface area contributed by atoms with Crippen LogP contribution in [-0.2, 0) is 38.2 Å². The van der Waals surface area contributed by atoms with E-state index in [1.54, 1.807) is 27.0 Å². The number of carbonyl (C=O) groups is 5. The van der Waals surface area contributed by atoms with Gasteiger partial charge in [-0.25, -0.2) is 4.79 Å². The zero-order valence-corrected chi connectivity index (χ0v) is 39.2. The largest absolute Gasteiger partial charge is 0.480 e. The van der Waals surface area contributed by atoms with Crippen molar-refractivity contribution in [3.8, 4) is 0 Å². The van der Waals surface area contributed by atoms with Gasteiger partial charge in [0.2, 0.25) is 5.79 Å². The number of ether oxygens (including phenoxy) is 3. The molecule has 350 valence electrons. The second kappa shape index (κ2) is 25.9. The van der Waals surface area contributed by atoms with E-state index < -0.39 is 53.7 Å². The molecule has 3 fully saturated rings. The van der Waals surface area contributed by atoms with E-state index >= 15 is 0 Å². The number of nitrogens with zero attached hydrogens (tertiary/aromatic N) is 1. The second-order valence-corrected chi connectivity index (χ2v) is 19.0. The van der Waals surface area contributed by atoms with Crippen molar-refractivity contribution in [2.45, 2.75) is 181 Å². The van der Waals surface area contributed by atoms with Crippen LogP contribution in [0.2, 0.25) is 0 Å². The minimum absolute atomic E-state index is 0.0682. The summed E-state index contributed by atoms with van der Waals surface area (Å²) in [6.45, 7) is 13.5. The number of ketones is 3. The van der Waals surface area contributed by atoms with Gasteiger partial charge in [-0.2, -0.15) is 0 Å². The van der Waals surface area contributed by atoms with Crippen LogP contribution in [0.1, 0.15) is 145 Å². The number of likely N-dealkylation sites (tertiary alicyclic amines) is 1. The summed E-state index contributed by atoms with van der Waals surface area (Å²) >= 11 is 0. The lowest BCUT2D eigenvalue weighted by Crippen LogP contribution is -2.60. The van der Waals surface area contributed by atoms with Crippen LogP contribution in [0.3, 0.4) is 0 Å². The number of methoxy groups -OCH3 is 2. The summed E-state index contributed by atoms with van der Waals surface area (Å²) in [5, 5.41) is 32.1. The zero-order valence-electron chi connectivity index (χ0n) is 39.2. The third-order valence-electron chi connectivity index (χ3n) is 13.6. The van der Waals surface area contributed by atoms with Crippen molar-refractivity contribution < 1.29 is 53.5 Å². The van der Waals surface area contributed by atoms with Crippen LogP contribution in [0.4, 0.5) is 0 Å². The number of piperidine rings is 1. The molecule has 2 aliphatic heterocycles. The van der Waals surface area contributed by atoms with Crippen LogP contribution in [0.5, 0.6) is 0 Å². The van der Waals surface area contributed by atoms with Gasteiger partial charge in [0, 0.05) is 44.9 Å². The zero-order chi connectivity index (χ0) is 46.1. The Kier molecular flexibility index (Phi) is 22.1. The molecule has 0 aromatic carbocycles. The van der Waals surface area contributed by atoms with Crippen molar-refractivity contribution in [1.82, 2.24) is 4.90 Å². The van der Waals surface area contributed by atoms with Gasteiger partial charge in [-0.1, -0.05) is 89.5 Å². The number of amides is 1. The molecule has 0 bridgehead atoms. The number of carboxylic acid groups (broad SMARTS) is 1. The topological polar surface area (TPSA) is 177 Å². The molecule has 0 aromatic heterocycles. The van der Waals surface area contributed by atoms with Crippen LogP contribution in [-0.4, -0.2) is 106 Å². The lowest BCUT2D eigenvalue weighted by atomic mass is 9.80. The molecule has 0 radical (unpaired) electrons. The van der Waals surface area contributed by atoms with E-state index in [0.717, 1.165) is 36.2 Å². The normalized spacial score (nSPS) is 28.3. The molecule has 3 aliphatic rings. The fourth-order valence-electron chi connectivity index (χ4n) is 9.50. The lowest BCUT2D eigenvalue weighted by molar-refractivity contribution is -0.263. The molecule has 1 saturated carbocycles. The van der Waals surface area contributed by atoms with Gasteiger partial charge in [0.15, 0.2) is 5.78 Å². The summed E-state index contributed by atoms with van der Waals surface area (Å²) in [7, 11) is 3.22. The first-order chi connectivity index (χ1) is 29.3. The number of aliphatic hydroxyl groups is 2. The van der Waals surface area contributed by atoms with Gasteiger partial charge in [0.25, 0.3) is 11.7 Å². The monoisotopic (exact) mass is 870 g/mol. The van der Waals surface area contributed by atoms with Gasteiger partial charge in [0.1, 0.15) is 24.0 Å². The van der Waals surface area contributed by atoms with Crippen molar-refractivity contribution in [3.63, 3.8) is 0 Å². The maximum atomic E-state index is 13.5. The van der Waals surface area contributed by atoms with E-state index in [9.17, 15) is 39.3 Å². The molecule has 62 heavy (non-hydrogen) atoms. The third-order valence-corrected chi connectivity index (χ3v) is 13.6. The summed E-state index contributed by atoms with van der Waals surface area (Å²) in [5.74, 6) is -5.82. The van der Waals surface area contributed by atoms with Crippen molar-refractivity contribution >= 4 is 29.2 Å². The smallest absolute Gasteiger partial charge is 0.326 e. The summed E-state index contributed by atoms with van der Waals surface area (Å²) < 4.78 is 17.0. The molecular formula is C50H79NO11. The maximum Gasteiger partial charge on any atom is 0.326 e. The highest BCUT2D eigenvalue weighted by Gasteiger charge is 2.52. The lowest BCUT2D eigenvalue weighted by Gasteiger charge is -2.42. The van der Waals surface area contributed by atoms with Crippen molar-refractivity contribution in [3.05, 3.63) is 47.6 Å². The van der Waals surface area contributed by atoms with E-state index in [4.69, 9.17) is 14.2 Å². The number of hydrogen-bond donors (Lipinski definition) is 3. The van der Waals surface area contributed by atoms with Gasteiger partial charge in [0.05, 0.1) is 12.2 Å². The van der Waals surface area contributed by atoms with E-state index in [1.165, 1.54) is 20.0 Å². The van der Waals surface area contributed by atoms with Gasteiger partial charge >= 0.3 is 5.97 Å². The number of Topliss-reactive ketones (excluding diaryl/α,β-unsaturated/α-hetero) is 3. The minimum Gasteiger partial charge on any atom is -0.480 e. The molecule has 0 aromatic rings. The first-order valence-corrected chi connectivity index (χ1v) is 23.3. The van der Waals surface area contributed by atoms with Crippen LogP contribution >= 0.6 is 0 Å². The van der Waals surface area contributed by atoms with Crippen LogP contribution < -0.4 is 0 Å². The van der Waals surface area contributed by atoms with Crippen LogP contribution in [0.15, 0.2) is 47.6 Å². The molecule has 1 amide bonds. The van der Waals surface area contributed by atoms with E-state index in [2.05, 4.69) is 6.92 Å². The number of carbonyl (C=O) groups excluding carboxylic acids is 4. The van der Waals surface area contributed by atoms with Gasteiger partial charge in [-0.05, 0) is 114 Å². The first kappa shape index (κ1) is 53.1. The first-order valence-electron chi connectivity index (χ1n) is 23.3. The molecule has 12 heteroatoms. The Balaban J connectivity index is 1.44. The Morgan fingerprint density at radius 3 is 2.32 bits per heavy atom. The molecule has 0 unspecified atom stereocenters. The second-order valence-electron chi connectivity index (χ2n) is 19.0. The molecule has 0 spiro atoms. The number of aliphatic carboxylic acids is 1. The molecule has 3 N–H and O–H groups in total. The average Bonchev–Trinajstić information content (AvgIpc) is 3.25. The van der Waals surface area contributed by atoms with E-state index in [0.29, 0.717) is 74.9 Å². The molecular weight excluding hydrogens is 791 g/mol. The van der Waals surface area contributed by atoms with Crippen LogP contribution in [0, 0.1) is 35.5 Å². The SMILES string of the molecule is CO[C@H]1CCC[C@@H](C[C@@H](C)CCC(=O)[C@H](C)/C=C(\C)[C@@H](O)[C@@H](OC)C(=O)[C@H](C)C[C@H](C)/C=C/C=C/C=C(\C)CC[C@@H]2CC[C@@H](C)[C@](O)(C(=O)C(=O)N3CCCC[C@H]3C(=O)O)O2)C1. The standard InChI is InChI=1S/C50H79NO11/c1-32(21-24-40-25-23-38(7)50(59,62-40)47(55)48(56)51-27-14-13-20-42(51)49(57)58)16-11-10-12-17-33(2)28-36(5)44(53)46(61-9)45(54)37(6)30-35(4)43(52)26-22-34(3)29-39-18-15-19-41(31-39)60-8/h10-12,16-17,30,33-36,38-42,45-46,54,59H,13-15,18-29,31H2,1-9H3,(H,57,58)/b11-10+,17-12+,32-16+,37-30+/t33-,34+,35-,36-,38-,39+,40-,41+,42+,45-,46+,50-/m1/s1. The molecule has 2 heterocycles. The molecule has 3 rings (SSSR count). The maximum absolute atomic E-state index is 13.5. The number of allylic oxidation sites excluding steroid dienone is 7. The summed E-state index contributed by atoms with van der Waals surface area (Å²) in [6, 6.07) is -1.09. The van der Waals surface area contributed by atoms with Crippen LogP contribution in [0.25, 0.3) is 0 Å². The van der Waals surface area contributed by atoms with Crippen molar-refractivity contribution in [1.29, 1.82) is 0 Å². The Morgan fingerprint density at radius 1 is 0.919 bits per heavy atom. The Labute approximate surface area is 371 Å². The number of carboxylic acids is 1. The van der Waals surface area contributed by atoms with E-state index in [1.807, 2.05) is 58.1 Å². The quantitative estimate of drug-likeness (QED) is 0.0485. The molecule has 12 nitrogen and oxygen atoms in total. The van der Waals surface area contributed by atoms with Crippen molar-refractivity contribution in [2.24, 2.45) is 35.5 Å². The number of rotatable bonds is 24. The van der Waals surface area contributed by atoms with Gasteiger partial charge in [-0.15, -0.1) is 0 Å². The summed E-state index contributed by atoms with van der Waals surface area (Å²) in [5.41, 5.74) is 1.61. The molecule has 2 saturated heterocycles. The predicted octanol–water partition coefficient (Wildman–Crippen LogP) is 8.13. The predicted molar refractivity (Wildman–Crippen MR) is 240 cm³/mol. The van der Waals surface area contributed by atoms with Gasteiger partial charge < -0.3 is 34.4 Å². The van der Waals surface area contributed by atoms with Gasteiger partial charge in [-0.3, -0.25) is 19.2 Å².